The number of carbonyl (C=O) groups is 1. The summed E-state index contributed by atoms with van der Waals surface area (Å²) in [4.78, 5) is 12.6. The molecule has 1 aliphatic heterocycles. The van der Waals surface area contributed by atoms with Crippen molar-refractivity contribution in [1.82, 2.24) is 4.31 Å². The Kier molecular flexibility index (Phi) is 5.61. The van der Waals surface area contributed by atoms with Gasteiger partial charge < -0.3 is 5.32 Å². The Balaban J connectivity index is 1.85. The maximum absolute atomic E-state index is 13.8. The number of nitrogens with one attached hydrogen (secondary N) is 1. The third-order valence-corrected chi connectivity index (χ3v) is 7.66. The highest BCUT2D eigenvalue weighted by Crippen LogP contribution is 2.32. The summed E-state index contributed by atoms with van der Waals surface area (Å²) < 4.78 is 54.0. The molecule has 0 unspecified atom stereocenters. The van der Waals surface area contributed by atoms with E-state index in [0.29, 0.717) is 29.7 Å². The quantitative estimate of drug-likeness (QED) is 0.816. The van der Waals surface area contributed by atoms with E-state index in [-0.39, 0.29) is 16.4 Å². The Hall–Kier alpha value is -1.55. The minimum absolute atomic E-state index is 0.0511. The number of sulfonamides is 1. The number of rotatable bonds is 4. The summed E-state index contributed by atoms with van der Waals surface area (Å²) >= 11 is 6.74. The Morgan fingerprint density at radius 3 is 2.65 bits per heavy atom. The normalized spacial score (nSPS) is 18.7. The number of benzene rings is 1. The number of halogens is 3. The molecule has 0 aliphatic carbocycles. The average Bonchev–Trinajstić information content (AvgIpc) is 3.04. The van der Waals surface area contributed by atoms with Crippen LogP contribution in [0.3, 0.4) is 0 Å². The van der Waals surface area contributed by atoms with Crippen molar-refractivity contribution in [2.75, 3.05) is 11.9 Å². The van der Waals surface area contributed by atoms with Crippen LogP contribution in [0.15, 0.2) is 34.5 Å². The lowest BCUT2D eigenvalue weighted by Crippen LogP contribution is -2.49. The highest BCUT2D eigenvalue weighted by atomic mass is 35.5. The van der Waals surface area contributed by atoms with Gasteiger partial charge in [0, 0.05) is 12.6 Å². The molecule has 0 radical (unpaired) electrons. The summed E-state index contributed by atoms with van der Waals surface area (Å²) in [6, 6.07) is 4.67. The molecule has 3 rings (SSSR count). The van der Waals surface area contributed by atoms with Gasteiger partial charge in [0.25, 0.3) is 10.0 Å². The van der Waals surface area contributed by atoms with Crippen molar-refractivity contribution >= 4 is 44.6 Å². The second kappa shape index (κ2) is 7.59. The highest BCUT2D eigenvalue weighted by molar-refractivity contribution is 7.91. The standard InChI is InChI=1S/C16H15ClF2N2O3S2/c17-14-6-7-15(25-14)26(23,24)21-8-2-1-3-13(21)16(22)20-12-5-4-10(18)9-11(12)19/h4-7,9,13H,1-3,8H2,(H,20,22)/t13-/m0/s1. The lowest BCUT2D eigenvalue weighted by atomic mass is 10.0. The Morgan fingerprint density at radius 2 is 2.00 bits per heavy atom. The van der Waals surface area contributed by atoms with E-state index < -0.39 is 33.6 Å². The van der Waals surface area contributed by atoms with Gasteiger partial charge in [-0.15, -0.1) is 11.3 Å². The molecule has 1 saturated heterocycles. The maximum atomic E-state index is 13.8. The molecule has 2 aromatic rings. The largest absolute Gasteiger partial charge is 0.322 e. The van der Waals surface area contributed by atoms with Crippen LogP contribution in [0.5, 0.6) is 0 Å². The molecule has 0 bridgehead atoms. The van der Waals surface area contributed by atoms with Crippen LogP contribution in [0.4, 0.5) is 14.5 Å². The number of amides is 1. The Labute approximate surface area is 158 Å². The maximum Gasteiger partial charge on any atom is 0.253 e. The first-order valence-electron chi connectivity index (χ1n) is 7.82. The van der Waals surface area contributed by atoms with Crippen molar-refractivity contribution in [2.45, 2.75) is 29.5 Å². The van der Waals surface area contributed by atoms with Gasteiger partial charge in [-0.25, -0.2) is 17.2 Å². The van der Waals surface area contributed by atoms with Crippen molar-refractivity contribution < 1.29 is 22.0 Å². The van der Waals surface area contributed by atoms with Gasteiger partial charge in [-0.05, 0) is 37.1 Å². The fourth-order valence-corrected chi connectivity index (χ4v) is 6.08. The first-order chi connectivity index (χ1) is 12.3. The van der Waals surface area contributed by atoms with Crippen LogP contribution in [0, 0.1) is 11.6 Å². The van der Waals surface area contributed by atoms with E-state index in [9.17, 15) is 22.0 Å². The van der Waals surface area contributed by atoms with Crippen LogP contribution < -0.4 is 5.32 Å². The number of piperidine rings is 1. The van der Waals surface area contributed by atoms with Crippen molar-refractivity contribution in [2.24, 2.45) is 0 Å². The summed E-state index contributed by atoms with van der Waals surface area (Å²) in [6.07, 6.45) is 1.60. The minimum atomic E-state index is -3.89. The van der Waals surface area contributed by atoms with Crippen LogP contribution in [-0.4, -0.2) is 31.2 Å². The predicted octanol–water partition coefficient (Wildman–Crippen LogP) is 3.86. The number of hydrogen-bond donors (Lipinski definition) is 1. The van der Waals surface area contributed by atoms with E-state index in [1.54, 1.807) is 0 Å². The van der Waals surface area contributed by atoms with Crippen molar-refractivity contribution in [3.63, 3.8) is 0 Å². The number of anilines is 1. The SMILES string of the molecule is O=C(Nc1ccc(F)cc1F)[C@@H]1CCCCN1S(=O)(=O)c1ccc(Cl)s1. The fraction of sp³-hybridized carbons (Fsp3) is 0.312. The monoisotopic (exact) mass is 420 g/mol. The van der Waals surface area contributed by atoms with E-state index in [1.165, 1.54) is 12.1 Å². The minimum Gasteiger partial charge on any atom is -0.322 e. The molecule has 2 heterocycles. The molecule has 1 fully saturated rings. The molecule has 1 aromatic carbocycles. The van der Waals surface area contributed by atoms with Crippen LogP contribution in [0.25, 0.3) is 0 Å². The Morgan fingerprint density at radius 1 is 1.23 bits per heavy atom. The first kappa shape index (κ1) is 19.2. The van der Waals surface area contributed by atoms with Gasteiger partial charge in [0.1, 0.15) is 21.9 Å². The van der Waals surface area contributed by atoms with Crippen LogP contribution in [-0.2, 0) is 14.8 Å². The predicted molar refractivity (Wildman–Crippen MR) is 95.8 cm³/mol. The van der Waals surface area contributed by atoms with Gasteiger partial charge in [-0.2, -0.15) is 4.31 Å². The molecule has 1 aromatic heterocycles. The van der Waals surface area contributed by atoms with Gasteiger partial charge in [-0.3, -0.25) is 4.79 Å². The van der Waals surface area contributed by atoms with Gasteiger partial charge in [0.15, 0.2) is 0 Å². The van der Waals surface area contributed by atoms with Gasteiger partial charge in [0.05, 0.1) is 10.0 Å². The topological polar surface area (TPSA) is 66.5 Å². The highest BCUT2D eigenvalue weighted by Gasteiger charge is 2.38. The van der Waals surface area contributed by atoms with Gasteiger partial charge >= 0.3 is 0 Å². The molecule has 26 heavy (non-hydrogen) atoms. The van der Waals surface area contributed by atoms with E-state index in [4.69, 9.17) is 11.6 Å². The smallest absolute Gasteiger partial charge is 0.253 e. The molecule has 1 amide bonds. The second-order valence-electron chi connectivity index (χ2n) is 5.80. The molecule has 5 nitrogen and oxygen atoms in total. The zero-order chi connectivity index (χ0) is 18.9. The van der Waals surface area contributed by atoms with Crippen molar-refractivity contribution in [1.29, 1.82) is 0 Å². The van der Waals surface area contributed by atoms with E-state index in [2.05, 4.69) is 5.32 Å². The number of carbonyl (C=O) groups excluding carboxylic acids is 1. The van der Waals surface area contributed by atoms with Crippen LogP contribution in [0.1, 0.15) is 19.3 Å². The third kappa shape index (κ3) is 3.90. The summed E-state index contributed by atoms with van der Waals surface area (Å²) in [5, 5.41) is 2.36. The van der Waals surface area contributed by atoms with E-state index in [1.807, 2.05) is 0 Å². The third-order valence-electron chi connectivity index (χ3n) is 4.06. The van der Waals surface area contributed by atoms with Crippen LogP contribution in [0.2, 0.25) is 4.34 Å². The van der Waals surface area contributed by atoms with Crippen molar-refractivity contribution in [3.05, 3.63) is 46.3 Å². The number of hydrogen-bond acceptors (Lipinski definition) is 4. The van der Waals surface area contributed by atoms with Crippen LogP contribution >= 0.6 is 22.9 Å². The number of thiophene rings is 1. The fourth-order valence-electron chi connectivity index (χ4n) is 2.81. The lowest BCUT2D eigenvalue weighted by molar-refractivity contribution is -0.120. The molecule has 1 aliphatic rings. The summed E-state index contributed by atoms with van der Waals surface area (Å²) in [6.45, 7) is 0.182. The molecule has 140 valence electrons. The number of nitrogens with zero attached hydrogens (tertiary/aromatic N) is 1. The van der Waals surface area contributed by atoms with Gasteiger partial charge in [-0.1, -0.05) is 18.0 Å². The van der Waals surface area contributed by atoms with E-state index >= 15 is 0 Å². The van der Waals surface area contributed by atoms with Crippen molar-refractivity contribution in [3.8, 4) is 0 Å². The van der Waals surface area contributed by atoms with Gasteiger partial charge in [0.2, 0.25) is 5.91 Å². The average molecular weight is 421 g/mol. The Bertz CT molecular complexity index is 933. The molecular formula is C16H15ClF2N2O3S2. The first-order valence-corrected chi connectivity index (χ1v) is 10.5. The molecular weight excluding hydrogens is 406 g/mol. The summed E-state index contributed by atoms with van der Waals surface area (Å²) in [7, 11) is -3.89. The second-order valence-corrected chi connectivity index (χ2v) is 9.63. The molecule has 10 heteroatoms. The van der Waals surface area contributed by atoms with E-state index in [0.717, 1.165) is 27.8 Å². The summed E-state index contributed by atoms with van der Waals surface area (Å²) in [5.41, 5.74) is -0.196. The lowest BCUT2D eigenvalue weighted by Gasteiger charge is -2.33. The zero-order valence-electron chi connectivity index (χ0n) is 13.4. The molecule has 1 N–H and O–H groups in total. The zero-order valence-corrected chi connectivity index (χ0v) is 15.8. The summed E-state index contributed by atoms with van der Waals surface area (Å²) in [5.74, 6) is -2.34. The molecule has 1 atom stereocenters. The molecule has 0 spiro atoms. The molecule has 0 saturated carbocycles.